The number of benzene rings is 2. The van der Waals surface area contributed by atoms with E-state index in [1.807, 2.05) is 0 Å². The highest BCUT2D eigenvalue weighted by Gasteiger charge is 2.34. The molecule has 0 bridgehead atoms. The summed E-state index contributed by atoms with van der Waals surface area (Å²) in [6.07, 6.45) is 11.5. The monoisotopic (exact) mass is 335 g/mol. The minimum atomic E-state index is 0.408. The molecule has 134 valence electrons. The molecule has 1 aliphatic rings. The Balaban J connectivity index is 1.95. The van der Waals surface area contributed by atoms with Crippen LogP contribution in [-0.4, -0.2) is 0 Å². The molecule has 2 aromatic carbocycles. The van der Waals surface area contributed by atoms with E-state index >= 15 is 0 Å². The lowest BCUT2D eigenvalue weighted by Crippen LogP contribution is -2.30. The summed E-state index contributed by atoms with van der Waals surface area (Å²) in [5.41, 5.74) is 13.2. The topological polar surface area (TPSA) is 26.0 Å². The second-order valence-corrected chi connectivity index (χ2v) is 7.81. The zero-order valence-corrected chi connectivity index (χ0v) is 16.0. The molecule has 25 heavy (non-hydrogen) atoms. The standard InChI is InChI=1S/C24H33N/c1-3-14-24(15-8-5-9-16-24)22-11-7-6-10-21(22)18-19-12-13-23(25)20(4-2)17-19/h6-7,10-13,17H,3-5,8-9,14-16,18,25H2,1-2H3. The van der Waals surface area contributed by atoms with Crippen LogP contribution in [0.1, 0.15) is 81.0 Å². The van der Waals surface area contributed by atoms with Crippen LogP contribution in [0, 0.1) is 0 Å². The van der Waals surface area contributed by atoms with Crippen molar-refractivity contribution in [2.45, 2.75) is 77.0 Å². The summed E-state index contributed by atoms with van der Waals surface area (Å²) >= 11 is 0. The van der Waals surface area contributed by atoms with Crippen LogP contribution in [0.25, 0.3) is 0 Å². The molecule has 0 atom stereocenters. The third-order valence-corrected chi connectivity index (χ3v) is 6.11. The van der Waals surface area contributed by atoms with Crippen molar-refractivity contribution < 1.29 is 0 Å². The number of nitrogens with two attached hydrogens (primary N) is 1. The minimum Gasteiger partial charge on any atom is -0.399 e. The second-order valence-electron chi connectivity index (χ2n) is 7.81. The molecule has 1 heteroatoms. The highest BCUT2D eigenvalue weighted by Crippen LogP contribution is 2.44. The van der Waals surface area contributed by atoms with E-state index in [0.717, 1.165) is 18.5 Å². The molecule has 2 N–H and O–H groups in total. The van der Waals surface area contributed by atoms with Crippen LogP contribution < -0.4 is 5.73 Å². The van der Waals surface area contributed by atoms with Gasteiger partial charge in [-0.2, -0.15) is 0 Å². The number of rotatable bonds is 6. The van der Waals surface area contributed by atoms with E-state index in [1.54, 1.807) is 5.56 Å². The predicted octanol–water partition coefficient (Wildman–Crippen LogP) is 6.42. The summed E-state index contributed by atoms with van der Waals surface area (Å²) in [4.78, 5) is 0. The number of hydrogen-bond acceptors (Lipinski definition) is 1. The van der Waals surface area contributed by atoms with Gasteiger partial charge in [0.05, 0.1) is 0 Å². The molecule has 0 saturated heterocycles. The Morgan fingerprint density at radius 3 is 2.40 bits per heavy atom. The van der Waals surface area contributed by atoms with Gasteiger partial charge in [0, 0.05) is 5.69 Å². The third kappa shape index (κ3) is 3.92. The van der Waals surface area contributed by atoms with Crippen LogP contribution in [-0.2, 0) is 18.3 Å². The van der Waals surface area contributed by atoms with Crippen LogP contribution >= 0.6 is 0 Å². The van der Waals surface area contributed by atoms with Crippen LogP contribution in [0.15, 0.2) is 42.5 Å². The van der Waals surface area contributed by atoms with E-state index in [0.29, 0.717) is 5.41 Å². The first kappa shape index (κ1) is 18.0. The van der Waals surface area contributed by atoms with Gasteiger partial charge in [0.15, 0.2) is 0 Å². The number of aryl methyl sites for hydroxylation is 1. The molecule has 3 rings (SSSR count). The number of nitrogen functional groups attached to an aromatic ring is 1. The summed E-state index contributed by atoms with van der Waals surface area (Å²) in [6.45, 7) is 4.52. The summed E-state index contributed by atoms with van der Waals surface area (Å²) < 4.78 is 0. The van der Waals surface area contributed by atoms with Gasteiger partial charge in [-0.15, -0.1) is 0 Å². The Morgan fingerprint density at radius 2 is 1.68 bits per heavy atom. The molecule has 0 aliphatic heterocycles. The number of hydrogen-bond donors (Lipinski definition) is 1. The Kier molecular flexibility index (Phi) is 5.83. The second kappa shape index (κ2) is 8.08. The largest absolute Gasteiger partial charge is 0.399 e. The van der Waals surface area contributed by atoms with E-state index < -0.39 is 0 Å². The fourth-order valence-electron chi connectivity index (χ4n) is 4.85. The van der Waals surface area contributed by atoms with Gasteiger partial charge in [0.1, 0.15) is 0 Å². The Labute approximate surface area is 153 Å². The summed E-state index contributed by atoms with van der Waals surface area (Å²) in [5, 5.41) is 0. The quantitative estimate of drug-likeness (QED) is 0.605. The molecule has 0 unspecified atom stereocenters. The van der Waals surface area contributed by atoms with Crippen molar-refractivity contribution in [1.82, 2.24) is 0 Å². The van der Waals surface area contributed by atoms with Gasteiger partial charge in [-0.1, -0.05) is 75.9 Å². The SMILES string of the molecule is CCCC1(c2ccccc2Cc2ccc(N)c(CC)c2)CCCCC1. The lowest BCUT2D eigenvalue weighted by Gasteiger charge is -2.39. The molecule has 1 saturated carbocycles. The van der Waals surface area contributed by atoms with Crippen molar-refractivity contribution in [3.8, 4) is 0 Å². The fourth-order valence-corrected chi connectivity index (χ4v) is 4.85. The van der Waals surface area contributed by atoms with Gasteiger partial charge in [0.2, 0.25) is 0 Å². The maximum Gasteiger partial charge on any atom is 0.0346 e. The van der Waals surface area contributed by atoms with Crippen molar-refractivity contribution in [1.29, 1.82) is 0 Å². The van der Waals surface area contributed by atoms with Crippen molar-refractivity contribution in [2.75, 3.05) is 5.73 Å². The Bertz CT molecular complexity index is 689. The molecule has 0 amide bonds. The summed E-state index contributed by atoms with van der Waals surface area (Å²) in [6, 6.07) is 15.8. The lowest BCUT2D eigenvalue weighted by atomic mass is 9.65. The molecular formula is C24H33N. The molecule has 2 aromatic rings. The predicted molar refractivity (Wildman–Crippen MR) is 109 cm³/mol. The Morgan fingerprint density at radius 1 is 0.920 bits per heavy atom. The molecule has 0 radical (unpaired) electrons. The summed E-state index contributed by atoms with van der Waals surface area (Å²) in [7, 11) is 0. The van der Waals surface area contributed by atoms with Crippen molar-refractivity contribution >= 4 is 5.69 Å². The maximum atomic E-state index is 6.10. The van der Waals surface area contributed by atoms with Crippen LogP contribution in [0.2, 0.25) is 0 Å². The van der Waals surface area contributed by atoms with Crippen molar-refractivity contribution in [3.63, 3.8) is 0 Å². The highest BCUT2D eigenvalue weighted by atomic mass is 14.6. The van der Waals surface area contributed by atoms with Crippen molar-refractivity contribution in [3.05, 3.63) is 64.7 Å². The molecule has 1 nitrogen and oxygen atoms in total. The van der Waals surface area contributed by atoms with Gasteiger partial charge in [-0.05, 0) is 65.8 Å². The molecule has 1 fully saturated rings. The van der Waals surface area contributed by atoms with Crippen molar-refractivity contribution in [2.24, 2.45) is 0 Å². The molecular weight excluding hydrogens is 302 g/mol. The Hall–Kier alpha value is -1.76. The van der Waals surface area contributed by atoms with Gasteiger partial charge in [0.25, 0.3) is 0 Å². The van der Waals surface area contributed by atoms with Gasteiger partial charge >= 0.3 is 0 Å². The zero-order valence-electron chi connectivity index (χ0n) is 16.0. The smallest absolute Gasteiger partial charge is 0.0346 e. The lowest BCUT2D eigenvalue weighted by molar-refractivity contribution is 0.270. The normalized spacial score (nSPS) is 16.7. The van der Waals surface area contributed by atoms with Crippen LogP contribution in [0.5, 0.6) is 0 Å². The average molecular weight is 336 g/mol. The fraction of sp³-hybridized carbons (Fsp3) is 0.500. The van der Waals surface area contributed by atoms with E-state index in [2.05, 4.69) is 56.3 Å². The maximum absolute atomic E-state index is 6.10. The molecule has 0 heterocycles. The van der Waals surface area contributed by atoms with Crippen LogP contribution in [0.4, 0.5) is 5.69 Å². The van der Waals surface area contributed by atoms with E-state index in [1.165, 1.54) is 61.6 Å². The van der Waals surface area contributed by atoms with Gasteiger partial charge < -0.3 is 5.73 Å². The molecule has 0 aromatic heterocycles. The number of anilines is 1. The first-order valence-electron chi connectivity index (χ1n) is 10.1. The van der Waals surface area contributed by atoms with Crippen LogP contribution in [0.3, 0.4) is 0 Å². The first-order valence-corrected chi connectivity index (χ1v) is 10.1. The van der Waals surface area contributed by atoms with E-state index in [-0.39, 0.29) is 0 Å². The third-order valence-electron chi connectivity index (χ3n) is 6.11. The van der Waals surface area contributed by atoms with Gasteiger partial charge in [-0.25, -0.2) is 0 Å². The highest BCUT2D eigenvalue weighted by molar-refractivity contribution is 5.50. The molecule has 1 aliphatic carbocycles. The summed E-state index contributed by atoms with van der Waals surface area (Å²) in [5.74, 6) is 0. The minimum absolute atomic E-state index is 0.408. The zero-order chi connectivity index (χ0) is 17.7. The molecule has 0 spiro atoms. The van der Waals surface area contributed by atoms with E-state index in [9.17, 15) is 0 Å². The average Bonchev–Trinajstić information content (AvgIpc) is 2.65. The van der Waals surface area contributed by atoms with E-state index in [4.69, 9.17) is 5.73 Å². The van der Waals surface area contributed by atoms with Gasteiger partial charge in [-0.3, -0.25) is 0 Å². The first-order chi connectivity index (χ1) is 12.2.